The standard InChI is InChI=1S/C17H22N2O/c1-19-13-14(12-18-19)9-11-17(20)10-5-4-7-15-6-2-3-8-16(15)17/h2-3,6,8,12-13,20H,4-5,7,9-11H2,1H3. The van der Waals surface area contributed by atoms with Crippen LogP contribution in [-0.4, -0.2) is 14.9 Å². The molecule has 1 aromatic carbocycles. The molecule has 1 aliphatic carbocycles. The average Bonchev–Trinajstić information content (AvgIpc) is 2.80. The molecule has 1 N–H and O–H groups in total. The van der Waals surface area contributed by atoms with Crippen molar-refractivity contribution in [1.82, 2.24) is 9.78 Å². The molecule has 2 aromatic rings. The van der Waals surface area contributed by atoms with Crippen LogP contribution in [0.1, 0.15) is 42.4 Å². The topological polar surface area (TPSA) is 38.0 Å². The van der Waals surface area contributed by atoms with E-state index in [9.17, 15) is 5.11 Å². The molecule has 1 aromatic heterocycles. The van der Waals surface area contributed by atoms with Crippen LogP contribution in [-0.2, 0) is 25.5 Å². The Bertz CT molecular complexity index is 590. The van der Waals surface area contributed by atoms with E-state index in [2.05, 4.69) is 23.3 Å². The summed E-state index contributed by atoms with van der Waals surface area (Å²) in [4.78, 5) is 0. The van der Waals surface area contributed by atoms with Crippen molar-refractivity contribution in [1.29, 1.82) is 0 Å². The van der Waals surface area contributed by atoms with Gasteiger partial charge in [0.05, 0.1) is 11.8 Å². The Morgan fingerprint density at radius 1 is 1.30 bits per heavy atom. The summed E-state index contributed by atoms with van der Waals surface area (Å²) in [6.07, 6.45) is 9.80. The molecule has 0 bridgehead atoms. The van der Waals surface area contributed by atoms with Crippen molar-refractivity contribution in [2.24, 2.45) is 7.05 Å². The van der Waals surface area contributed by atoms with Crippen LogP contribution in [0.2, 0.25) is 0 Å². The maximum atomic E-state index is 11.1. The second kappa shape index (κ2) is 5.41. The molecule has 3 rings (SSSR count). The van der Waals surface area contributed by atoms with E-state index in [1.54, 1.807) is 0 Å². The fraction of sp³-hybridized carbons (Fsp3) is 0.471. The minimum Gasteiger partial charge on any atom is -0.385 e. The SMILES string of the molecule is Cn1cc(CCC2(O)CCCCc3ccccc32)cn1. The Balaban J connectivity index is 1.83. The van der Waals surface area contributed by atoms with Crippen LogP contribution in [0.15, 0.2) is 36.7 Å². The van der Waals surface area contributed by atoms with Gasteiger partial charge in [-0.25, -0.2) is 0 Å². The minimum atomic E-state index is -0.678. The number of aryl methyl sites for hydroxylation is 3. The molecule has 0 aliphatic heterocycles. The predicted octanol–water partition coefficient (Wildman–Crippen LogP) is 2.97. The van der Waals surface area contributed by atoms with Gasteiger partial charge in [-0.15, -0.1) is 0 Å². The molecule has 0 amide bonds. The van der Waals surface area contributed by atoms with Crippen LogP contribution >= 0.6 is 0 Å². The summed E-state index contributed by atoms with van der Waals surface area (Å²) >= 11 is 0. The van der Waals surface area contributed by atoms with Crippen molar-refractivity contribution >= 4 is 0 Å². The summed E-state index contributed by atoms with van der Waals surface area (Å²) in [6, 6.07) is 8.38. The number of benzene rings is 1. The number of hydrogen-bond acceptors (Lipinski definition) is 2. The first-order chi connectivity index (χ1) is 9.67. The van der Waals surface area contributed by atoms with Crippen molar-refractivity contribution in [3.05, 3.63) is 53.3 Å². The third-order valence-corrected chi connectivity index (χ3v) is 4.39. The molecular formula is C17H22N2O. The Morgan fingerprint density at radius 3 is 2.95 bits per heavy atom. The van der Waals surface area contributed by atoms with E-state index in [4.69, 9.17) is 0 Å². The van der Waals surface area contributed by atoms with E-state index in [0.717, 1.165) is 37.7 Å². The zero-order chi connectivity index (χ0) is 14.0. The van der Waals surface area contributed by atoms with E-state index in [1.807, 2.05) is 30.2 Å². The molecule has 3 heteroatoms. The smallest absolute Gasteiger partial charge is 0.0902 e. The first kappa shape index (κ1) is 13.4. The monoisotopic (exact) mass is 270 g/mol. The lowest BCUT2D eigenvalue weighted by Crippen LogP contribution is -2.26. The summed E-state index contributed by atoms with van der Waals surface area (Å²) in [5.41, 5.74) is 2.98. The first-order valence-electron chi connectivity index (χ1n) is 7.46. The van der Waals surface area contributed by atoms with Gasteiger partial charge < -0.3 is 5.11 Å². The van der Waals surface area contributed by atoms with Gasteiger partial charge in [-0.3, -0.25) is 4.68 Å². The van der Waals surface area contributed by atoms with E-state index in [1.165, 1.54) is 17.5 Å². The van der Waals surface area contributed by atoms with Crippen molar-refractivity contribution in [3.63, 3.8) is 0 Å². The Labute approximate surface area is 120 Å². The minimum absolute atomic E-state index is 0.678. The van der Waals surface area contributed by atoms with E-state index >= 15 is 0 Å². The average molecular weight is 270 g/mol. The lowest BCUT2D eigenvalue weighted by molar-refractivity contribution is 0.0182. The van der Waals surface area contributed by atoms with E-state index < -0.39 is 5.60 Å². The first-order valence-corrected chi connectivity index (χ1v) is 7.46. The molecule has 3 nitrogen and oxygen atoms in total. The molecule has 1 heterocycles. The van der Waals surface area contributed by atoms with Crippen LogP contribution in [0.25, 0.3) is 0 Å². The Kier molecular flexibility index (Phi) is 3.62. The summed E-state index contributed by atoms with van der Waals surface area (Å²) in [5, 5.41) is 15.3. The van der Waals surface area contributed by atoms with Crippen LogP contribution < -0.4 is 0 Å². The van der Waals surface area contributed by atoms with Crippen LogP contribution in [0.4, 0.5) is 0 Å². The Hall–Kier alpha value is -1.61. The maximum absolute atomic E-state index is 11.1. The second-order valence-electron chi connectivity index (χ2n) is 5.92. The fourth-order valence-electron chi connectivity index (χ4n) is 3.27. The van der Waals surface area contributed by atoms with Crippen molar-refractivity contribution in [2.45, 2.75) is 44.1 Å². The summed E-state index contributed by atoms with van der Waals surface area (Å²) in [6.45, 7) is 0. The number of aliphatic hydroxyl groups is 1. The van der Waals surface area contributed by atoms with Crippen LogP contribution in [0.5, 0.6) is 0 Å². The van der Waals surface area contributed by atoms with Gasteiger partial charge in [0, 0.05) is 13.2 Å². The number of nitrogens with zero attached hydrogens (tertiary/aromatic N) is 2. The van der Waals surface area contributed by atoms with Crippen molar-refractivity contribution in [2.75, 3.05) is 0 Å². The highest BCUT2D eigenvalue weighted by atomic mass is 16.3. The molecule has 0 saturated carbocycles. The molecule has 0 spiro atoms. The fourth-order valence-corrected chi connectivity index (χ4v) is 3.27. The van der Waals surface area contributed by atoms with Crippen LogP contribution in [0.3, 0.4) is 0 Å². The molecule has 1 atom stereocenters. The highest BCUT2D eigenvalue weighted by molar-refractivity contribution is 5.33. The lowest BCUT2D eigenvalue weighted by Gasteiger charge is -2.29. The summed E-state index contributed by atoms with van der Waals surface area (Å²) in [5.74, 6) is 0. The maximum Gasteiger partial charge on any atom is 0.0902 e. The van der Waals surface area contributed by atoms with Crippen molar-refractivity contribution < 1.29 is 5.11 Å². The van der Waals surface area contributed by atoms with Gasteiger partial charge in [-0.2, -0.15) is 5.10 Å². The normalized spacial score (nSPS) is 22.3. The molecule has 0 saturated heterocycles. The second-order valence-corrected chi connectivity index (χ2v) is 5.92. The van der Waals surface area contributed by atoms with E-state index in [0.29, 0.717) is 0 Å². The number of hydrogen-bond donors (Lipinski definition) is 1. The van der Waals surface area contributed by atoms with Gasteiger partial charge in [0.15, 0.2) is 0 Å². The van der Waals surface area contributed by atoms with Gasteiger partial charge in [-0.1, -0.05) is 24.3 Å². The lowest BCUT2D eigenvalue weighted by atomic mass is 9.83. The van der Waals surface area contributed by atoms with Gasteiger partial charge in [0.25, 0.3) is 0 Å². The summed E-state index contributed by atoms with van der Waals surface area (Å²) in [7, 11) is 1.93. The zero-order valence-electron chi connectivity index (χ0n) is 12.0. The highest BCUT2D eigenvalue weighted by Crippen LogP contribution is 2.37. The zero-order valence-corrected chi connectivity index (χ0v) is 12.0. The molecule has 0 fully saturated rings. The molecule has 106 valence electrons. The molecule has 0 radical (unpaired) electrons. The van der Waals surface area contributed by atoms with Gasteiger partial charge in [0.1, 0.15) is 0 Å². The number of fused-ring (bicyclic) bond motifs is 1. The largest absolute Gasteiger partial charge is 0.385 e. The molecule has 1 unspecified atom stereocenters. The van der Waals surface area contributed by atoms with Crippen LogP contribution in [0, 0.1) is 0 Å². The number of aromatic nitrogens is 2. The molecule has 20 heavy (non-hydrogen) atoms. The Morgan fingerprint density at radius 2 is 2.15 bits per heavy atom. The highest BCUT2D eigenvalue weighted by Gasteiger charge is 2.32. The van der Waals surface area contributed by atoms with E-state index in [-0.39, 0.29) is 0 Å². The van der Waals surface area contributed by atoms with Gasteiger partial charge in [0.2, 0.25) is 0 Å². The van der Waals surface area contributed by atoms with Crippen molar-refractivity contribution in [3.8, 4) is 0 Å². The van der Waals surface area contributed by atoms with Gasteiger partial charge >= 0.3 is 0 Å². The quantitative estimate of drug-likeness (QED) is 0.871. The molecular weight excluding hydrogens is 248 g/mol. The number of rotatable bonds is 3. The third-order valence-electron chi connectivity index (χ3n) is 4.39. The van der Waals surface area contributed by atoms with Gasteiger partial charge in [-0.05, 0) is 55.2 Å². The summed E-state index contributed by atoms with van der Waals surface area (Å²) < 4.78 is 1.82. The predicted molar refractivity (Wildman–Crippen MR) is 79.4 cm³/mol. The third kappa shape index (κ3) is 2.63. The molecule has 1 aliphatic rings.